The molecular formula is C19H20N2O4. The van der Waals surface area contributed by atoms with Gasteiger partial charge >= 0.3 is 0 Å². The van der Waals surface area contributed by atoms with E-state index in [1.165, 1.54) is 0 Å². The summed E-state index contributed by atoms with van der Waals surface area (Å²) < 4.78 is 10.9. The Kier molecular flexibility index (Phi) is 5.18. The smallest absolute Gasteiger partial charge is 0.233 e. The summed E-state index contributed by atoms with van der Waals surface area (Å²) in [6, 6.07) is 14.8. The van der Waals surface area contributed by atoms with Gasteiger partial charge in [0, 0.05) is 25.3 Å². The summed E-state index contributed by atoms with van der Waals surface area (Å²) in [7, 11) is 1.69. The Bertz CT molecular complexity index is 761. The average molecular weight is 340 g/mol. The zero-order valence-corrected chi connectivity index (χ0v) is 14.0. The minimum absolute atomic E-state index is 0.211. The molecule has 0 saturated heterocycles. The van der Waals surface area contributed by atoms with Crippen molar-refractivity contribution in [3.63, 3.8) is 0 Å². The normalized spacial score (nSPS) is 12.4. The number of hydrogen-bond donors (Lipinski definition) is 1. The predicted molar refractivity (Wildman–Crippen MR) is 93.6 cm³/mol. The van der Waals surface area contributed by atoms with Crippen molar-refractivity contribution >= 4 is 17.5 Å². The Morgan fingerprint density at radius 2 is 1.76 bits per heavy atom. The number of nitrogens with zero attached hydrogens (tertiary/aromatic N) is 1. The lowest BCUT2D eigenvalue weighted by molar-refractivity contribution is -0.133. The van der Waals surface area contributed by atoms with Crippen LogP contribution in [0.3, 0.4) is 0 Å². The molecule has 130 valence electrons. The third kappa shape index (κ3) is 4.50. The fraction of sp³-hybridized carbons (Fsp3) is 0.263. The Balaban J connectivity index is 1.54. The maximum atomic E-state index is 12.2. The van der Waals surface area contributed by atoms with Gasteiger partial charge in [0.2, 0.25) is 11.8 Å². The number of amides is 2. The van der Waals surface area contributed by atoms with E-state index in [1.807, 2.05) is 30.3 Å². The topological polar surface area (TPSA) is 67.9 Å². The van der Waals surface area contributed by atoms with Crippen LogP contribution in [0.25, 0.3) is 0 Å². The molecule has 0 fully saturated rings. The van der Waals surface area contributed by atoms with Gasteiger partial charge < -0.3 is 19.7 Å². The Morgan fingerprint density at radius 1 is 1.04 bits per heavy atom. The summed E-state index contributed by atoms with van der Waals surface area (Å²) in [6.45, 7) is 1.46. The molecule has 2 aromatic rings. The summed E-state index contributed by atoms with van der Waals surface area (Å²) in [6.07, 6.45) is -0.211. The van der Waals surface area contributed by atoms with Crippen LogP contribution >= 0.6 is 0 Å². The van der Waals surface area contributed by atoms with E-state index in [9.17, 15) is 9.59 Å². The highest BCUT2D eigenvalue weighted by atomic mass is 16.6. The SMILES string of the molecule is CN(Cc1ccccc1)C(=O)CC(=O)Nc1ccc2c(c1)OCCO2. The molecule has 25 heavy (non-hydrogen) atoms. The standard InChI is InChI=1S/C19H20N2O4/c1-21(13-14-5-3-2-4-6-14)19(23)12-18(22)20-15-7-8-16-17(11-15)25-10-9-24-16/h2-8,11H,9-10,12-13H2,1H3,(H,20,22). The minimum atomic E-state index is -0.360. The summed E-state index contributed by atoms with van der Waals surface area (Å²) in [4.78, 5) is 25.9. The van der Waals surface area contributed by atoms with Gasteiger partial charge in [-0.15, -0.1) is 0 Å². The van der Waals surface area contributed by atoms with Crippen molar-refractivity contribution in [1.82, 2.24) is 4.90 Å². The quantitative estimate of drug-likeness (QED) is 0.849. The van der Waals surface area contributed by atoms with Crippen LogP contribution in [0.5, 0.6) is 11.5 Å². The number of rotatable bonds is 5. The number of ether oxygens (including phenoxy) is 2. The summed E-state index contributed by atoms with van der Waals surface area (Å²) in [5.74, 6) is 0.653. The fourth-order valence-corrected chi connectivity index (χ4v) is 2.54. The van der Waals surface area contributed by atoms with E-state index >= 15 is 0 Å². The molecule has 1 N–H and O–H groups in total. The monoisotopic (exact) mass is 340 g/mol. The molecule has 0 spiro atoms. The Labute approximate surface area is 146 Å². The molecule has 0 aromatic heterocycles. The minimum Gasteiger partial charge on any atom is -0.486 e. The second-order valence-electron chi connectivity index (χ2n) is 5.82. The van der Waals surface area contributed by atoms with Gasteiger partial charge in [0.25, 0.3) is 0 Å². The van der Waals surface area contributed by atoms with Gasteiger partial charge in [-0.3, -0.25) is 9.59 Å². The first-order valence-corrected chi connectivity index (χ1v) is 8.09. The van der Waals surface area contributed by atoms with Gasteiger partial charge in [-0.25, -0.2) is 0 Å². The van der Waals surface area contributed by atoms with Crippen molar-refractivity contribution in [2.75, 3.05) is 25.6 Å². The lowest BCUT2D eigenvalue weighted by Gasteiger charge is -2.19. The lowest BCUT2D eigenvalue weighted by Crippen LogP contribution is -2.30. The van der Waals surface area contributed by atoms with Crippen molar-refractivity contribution in [1.29, 1.82) is 0 Å². The van der Waals surface area contributed by atoms with E-state index in [0.29, 0.717) is 36.9 Å². The molecule has 0 saturated carbocycles. The molecule has 0 radical (unpaired) electrons. The highest BCUT2D eigenvalue weighted by Gasteiger charge is 2.16. The van der Waals surface area contributed by atoms with E-state index in [0.717, 1.165) is 5.56 Å². The van der Waals surface area contributed by atoms with Gasteiger partial charge in [-0.2, -0.15) is 0 Å². The maximum absolute atomic E-state index is 12.2. The van der Waals surface area contributed by atoms with Crippen LogP contribution in [0.2, 0.25) is 0 Å². The van der Waals surface area contributed by atoms with E-state index in [4.69, 9.17) is 9.47 Å². The van der Waals surface area contributed by atoms with Crippen LogP contribution in [0, 0.1) is 0 Å². The molecular weight excluding hydrogens is 320 g/mol. The molecule has 0 aliphatic carbocycles. The number of fused-ring (bicyclic) bond motifs is 1. The van der Waals surface area contributed by atoms with Gasteiger partial charge in [-0.05, 0) is 17.7 Å². The number of anilines is 1. The van der Waals surface area contributed by atoms with Crippen LogP contribution < -0.4 is 14.8 Å². The van der Waals surface area contributed by atoms with Crippen LogP contribution in [0.15, 0.2) is 48.5 Å². The molecule has 0 bridgehead atoms. The van der Waals surface area contributed by atoms with Gasteiger partial charge in [0.1, 0.15) is 19.6 Å². The van der Waals surface area contributed by atoms with Crippen molar-refractivity contribution in [2.24, 2.45) is 0 Å². The second kappa shape index (κ2) is 7.70. The largest absolute Gasteiger partial charge is 0.486 e. The third-order valence-corrected chi connectivity index (χ3v) is 3.83. The highest BCUT2D eigenvalue weighted by Crippen LogP contribution is 2.32. The first kappa shape index (κ1) is 16.8. The molecule has 3 rings (SSSR count). The molecule has 2 aromatic carbocycles. The van der Waals surface area contributed by atoms with Crippen molar-refractivity contribution < 1.29 is 19.1 Å². The van der Waals surface area contributed by atoms with Crippen molar-refractivity contribution in [2.45, 2.75) is 13.0 Å². The van der Waals surface area contributed by atoms with Gasteiger partial charge in [0.15, 0.2) is 11.5 Å². The second-order valence-corrected chi connectivity index (χ2v) is 5.82. The lowest BCUT2D eigenvalue weighted by atomic mass is 10.2. The molecule has 6 nitrogen and oxygen atoms in total. The molecule has 6 heteroatoms. The number of hydrogen-bond acceptors (Lipinski definition) is 4. The molecule has 0 atom stereocenters. The van der Waals surface area contributed by atoms with E-state index in [1.54, 1.807) is 30.1 Å². The van der Waals surface area contributed by atoms with E-state index in [-0.39, 0.29) is 18.2 Å². The van der Waals surface area contributed by atoms with E-state index < -0.39 is 0 Å². The number of nitrogens with one attached hydrogen (secondary N) is 1. The number of benzene rings is 2. The first-order chi connectivity index (χ1) is 12.1. The summed E-state index contributed by atoms with van der Waals surface area (Å²) in [5, 5.41) is 2.72. The fourth-order valence-electron chi connectivity index (χ4n) is 2.54. The average Bonchev–Trinajstić information content (AvgIpc) is 2.62. The zero-order valence-electron chi connectivity index (χ0n) is 14.0. The zero-order chi connectivity index (χ0) is 17.6. The first-order valence-electron chi connectivity index (χ1n) is 8.09. The number of carbonyl (C=O) groups excluding carboxylic acids is 2. The van der Waals surface area contributed by atoms with Crippen LogP contribution in [0.1, 0.15) is 12.0 Å². The third-order valence-electron chi connectivity index (χ3n) is 3.83. The summed E-state index contributed by atoms with van der Waals surface area (Å²) >= 11 is 0. The molecule has 1 aliphatic rings. The molecule has 1 heterocycles. The highest BCUT2D eigenvalue weighted by molar-refractivity contribution is 6.03. The van der Waals surface area contributed by atoms with Gasteiger partial charge in [-0.1, -0.05) is 30.3 Å². The Hall–Kier alpha value is -3.02. The molecule has 2 amide bonds. The predicted octanol–water partition coefficient (Wildman–Crippen LogP) is 2.45. The van der Waals surface area contributed by atoms with Gasteiger partial charge in [0.05, 0.1) is 0 Å². The maximum Gasteiger partial charge on any atom is 0.233 e. The summed E-state index contributed by atoms with van der Waals surface area (Å²) in [5.41, 5.74) is 1.60. The molecule has 0 unspecified atom stereocenters. The van der Waals surface area contributed by atoms with Crippen molar-refractivity contribution in [3.8, 4) is 11.5 Å². The van der Waals surface area contributed by atoms with Crippen LogP contribution in [-0.4, -0.2) is 37.0 Å². The van der Waals surface area contributed by atoms with E-state index in [2.05, 4.69) is 5.32 Å². The number of carbonyl (C=O) groups is 2. The van der Waals surface area contributed by atoms with Crippen LogP contribution in [0.4, 0.5) is 5.69 Å². The molecule has 1 aliphatic heterocycles. The Morgan fingerprint density at radius 3 is 2.52 bits per heavy atom. The van der Waals surface area contributed by atoms with Crippen molar-refractivity contribution in [3.05, 3.63) is 54.1 Å². The van der Waals surface area contributed by atoms with Crippen LogP contribution in [-0.2, 0) is 16.1 Å².